The van der Waals surface area contributed by atoms with Gasteiger partial charge in [-0.3, -0.25) is 9.89 Å². The number of fused-ring (bicyclic) bond motifs is 1. The van der Waals surface area contributed by atoms with Crippen molar-refractivity contribution in [2.45, 2.75) is 19.9 Å². The first-order chi connectivity index (χ1) is 13.6. The van der Waals surface area contributed by atoms with Crippen LogP contribution in [0.1, 0.15) is 16.7 Å². The Hall–Kier alpha value is -3.47. The summed E-state index contributed by atoms with van der Waals surface area (Å²) < 4.78 is 13.3. The lowest BCUT2D eigenvalue weighted by atomic mass is 9.97. The zero-order chi connectivity index (χ0) is 19.5. The molecule has 1 aromatic heterocycles. The molecule has 1 heterocycles. The monoisotopic (exact) mass is 373 g/mol. The van der Waals surface area contributed by atoms with E-state index in [1.165, 1.54) is 12.1 Å². The van der Waals surface area contributed by atoms with Crippen molar-refractivity contribution in [2.75, 3.05) is 0 Å². The maximum Gasteiger partial charge on any atom is 0.224 e. The minimum absolute atomic E-state index is 0.132. The van der Waals surface area contributed by atoms with Gasteiger partial charge in [-0.05, 0) is 65.1 Å². The summed E-state index contributed by atoms with van der Waals surface area (Å²) in [4.78, 5) is 12.2. The van der Waals surface area contributed by atoms with Gasteiger partial charge in [-0.2, -0.15) is 5.10 Å². The average Bonchev–Trinajstić information content (AvgIpc) is 3.15. The van der Waals surface area contributed by atoms with E-state index < -0.39 is 0 Å². The van der Waals surface area contributed by atoms with Crippen LogP contribution < -0.4 is 5.32 Å². The molecule has 5 heteroatoms. The second-order valence-corrected chi connectivity index (χ2v) is 6.90. The highest BCUT2D eigenvalue weighted by molar-refractivity contribution is 5.85. The summed E-state index contributed by atoms with van der Waals surface area (Å²) in [7, 11) is 0. The van der Waals surface area contributed by atoms with Crippen LogP contribution >= 0.6 is 0 Å². The number of hydrogen-bond acceptors (Lipinski definition) is 2. The normalized spacial score (nSPS) is 10.9. The van der Waals surface area contributed by atoms with Crippen molar-refractivity contribution in [3.63, 3.8) is 0 Å². The number of halogens is 1. The van der Waals surface area contributed by atoms with Gasteiger partial charge < -0.3 is 5.32 Å². The van der Waals surface area contributed by atoms with E-state index in [-0.39, 0.29) is 18.1 Å². The van der Waals surface area contributed by atoms with Gasteiger partial charge in [-0.1, -0.05) is 30.3 Å². The van der Waals surface area contributed by atoms with Crippen LogP contribution in [0.15, 0.2) is 66.9 Å². The van der Waals surface area contributed by atoms with Crippen molar-refractivity contribution in [1.82, 2.24) is 15.5 Å². The molecule has 0 radical (unpaired) electrons. The third kappa shape index (κ3) is 3.93. The zero-order valence-electron chi connectivity index (χ0n) is 15.5. The Morgan fingerprint density at radius 3 is 2.82 bits per heavy atom. The number of amides is 1. The number of nitrogens with zero attached hydrogens (tertiary/aromatic N) is 1. The summed E-state index contributed by atoms with van der Waals surface area (Å²) in [5.41, 5.74) is 6.08. The Bertz CT molecular complexity index is 1150. The van der Waals surface area contributed by atoms with Gasteiger partial charge in [0.05, 0.1) is 18.1 Å². The molecule has 0 saturated carbocycles. The summed E-state index contributed by atoms with van der Waals surface area (Å²) in [6, 6.07) is 18.5. The SMILES string of the molecule is Cc1ccc(CNC(=O)Cc2cccc(F)c2)cc1-c1ccc2[nH]ncc2c1. The number of nitrogens with one attached hydrogen (secondary N) is 2. The van der Waals surface area contributed by atoms with Crippen molar-refractivity contribution in [2.24, 2.45) is 0 Å². The molecule has 0 atom stereocenters. The number of H-pyrrole nitrogens is 1. The molecule has 0 aliphatic rings. The highest BCUT2D eigenvalue weighted by atomic mass is 19.1. The second-order valence-electron chi connectivity index (χ2n) is 6.90. The molecular weight excluding hydrogens is 353 g/mol. The van der Waals surface area contributed by atoms with E-state index in [0.717, 1.165) is 33.2 Å². The topological polar surface area (TPSA) is 57.8 Å². The number of carbonyl (C=O) groups is 1. The molecule has 0 unspecified atom stereocenters. The molecule has 4 rings (SSSR count). The summed E-state index contributed by atoms with van der Waals surface area (Å²) >= 11 is 0. The molecule has 0 bridgehead atoms. The third-order valence-corrected chi connectivity index (χ3v) is 4.80. The summed E-state index contributed by atoms with van der Waals surface area (Å²) in [5, 5.41) is 11.0. The molecule has 0 aliphatic carbocycles. The zero-order valence-corrected chi connectivity index (χ0v) is 15.5. The largest absolute Gasteiger partial charge is 0.352 e. The van der Waals surface area contributed by atoms with Gasteiger partial charge in [0.25, 0.3) is 0 Å². The fourth-order valence-corrected chi connectivity index (χ4v) is 3.30. The van der Waals surface area contributed by atoms with Crippen LogP contribution in [-0.2, 0) is 17.8 Å². The van der Waals surface area contributed by atoms with Gasteiger partial charge in [0.1, 0.15) is 5.82 Å². The molecule has 28 heavy (non-hydrogen) atoms. The van der Waals surface area contributed by atoms with E-state index in [1.807, 2.05) is 18.3 Å². The number of aryl methyl sites for hydroxylation is 1. The van der Waals surface area contributed by atoms with Crippen LogP contribution in [0.25, 0.3) is 22.0 Å². The lowest BCUT2D eigenvalue weighted by Gasteiger charge is -2.11. The van der Waals surface area contributed by atoms with E-state index in [1.54, 1.807) is 12.1 Å². The average molecular weight is 373 g/mol. The highest BCUT2D eigenvalue weighted by Crippen LogP contribution is 2.27. The summed E-state index contributed by atoms with van der Waals surface area (Å²) in [5.74, 6) is -0.462. The molecule has 0 spiro atoms. The van der Waals surface area contributed by atoms with E-state index in [9.17, 15) is 9.18 Å². The van der Waals surface area contributed by atoms with Crippen LogP contribution in [0.4, 0.5) is 4.39 Å². The fraction of sp³-hybridized carbons (Fsp3) is 0.130. The number of hydrogen-bond donors (Lipinski definition) is 2. The van der Waals surface area contributed by atoms with Gasteiger partial charge in [-0.15, -0.1) is 0 Å². The van der Waals surface area contributed by atoms with Crippen LogP contribution in [0.5, 0.6) is 0 Å². The van der Waals surface area contributed by atoms with Crippen molar-refractivity contribution in [3.05, 3.63) is 89.4 Å². The van der Waals surface area contributed by atoms with Gasteiger partial charge >= 0.3 is 0 Å². The van der Waals surface area contributed by atoms with E-state index in [0.29, 0.717) is 12.1 Å². The fourth-order valence-electron chi connectivity index (χ4n) is 3.30. The molecule has 4 aromatic rings. The first-order valence-corrected chi connectivity index (χ1v) is 9.13. The van der Waals surface area contributed by atoms with E-state index in [4.69, 9.17) is 0 Å². The van der Waals surface area contributed by atoms with Gasteiger partial charge in [0.2, 0.25) is 5.91 Å². The minimum atomic E-state index is -0.330. The Balaban J connectivity index is 1.48. The van der Waals surface area contributed by atoms with E-state index >= 15 is 0 Å². The lowest BCUT2D eigenvalue weighted by molar-refractivity contribution is -0.120. The first kappa shape index (κ1) is 17.9. The van der Waals surface area contributed by atoms with Crippen molar-refractivity contribution in [1.29, 1.82) is 0 Å². The van der Waals surface area contributed by atoms with Crippen LogP contribution in [0.2, 0.25) is 0 Å². The highest BCUT2D eigenvalue weighted by Gasteiger charge is 2.08. The summed E-state index contributed by atoms with van der Waals surface area (Å²) in [6.07, 6.45) is 1.97. The molecule has 4 nitrogen and oxygen atoms in total. The summed E-state index contributed by atoms with van der Waals surface area (Å²) in [6.45, 7) is 2.50. The Labute approximate surface area is 162 Å². The van der Waals surface area contributed by atoms with Gasteiger partial charge in [-0.25, -0.2) is 4.39 Å². The predicted octanol–water partition coefficient (Wildman–Crippen LogP) is 4.54. The Kier molecular flexibility index (Phi) is 4.89. The molecule has 0 fully saturated rings. The number of carbonyl (C=O) groups excluding carboxylic acids is 1. The van der Waals surface area contributed by atoms with Crippen molar-refractivity contribution in [3.8, 4) is 11.1 Å². The lowest BCUT2D eigenvalue weighted by Crippen LogP contribution is -2.24. The molecular formula is C23H20FN3O. The smallest absolute Gasteiger partial charge is 0.224 e. The molecule has 0 aliphatic heterocycles. The van der Waals surface area contributed by atoms with Crippen molar-refractivity contribution >= 4 is 16.8 Å². The standard InChI is InChI=1S/C23H20FN3O/c1-15-5-6-17(13-25-23(28)11-16-3-2-4-20(24)9-16)10-21(15)18-7-8-22-19(12-18)14-26-27-22/h2-10,12,14H,11,13H2,1H3,(H,25,28)(H,26,27). The van der Waals surface area contributed by atoms with E-state index in [2.05, 4.69) is 46.7 Å². The molecule has 140 valence electrons. The Morgan fingerprint density at radius 1 is 1.07 bits per heavy atom. The second kappa shape index (κ2) is 7.64. The molecule has 2 N–H and O–H groups in total. The number of rotatable bonds is 5. The van der Waals surface area contributed by atoms with Gasteiger partial charge in [0, 0.05) is 11.9 Å². The number of benzene rings is 3. The molecule has 3 aromatic carbocycles. The third-order valence-electron chi connectivity index (χ3n) is 4.80. The maximum atomic E-state index is 13.3. The van der Waals surface area contributed by atoms with Gasteiger partial charge in [0.15, 0.2) is 0 Å². The number of aromatic nitrogens is 2. The maximum absolute atomic E-state index is 13.3. The van der Waals surface area contributed by atoms with Crippen molar-refractivity contribution < 1.29 is 9.18 Å². The first-order valence-electron chi connectivity index (χ1n) is 9.13. The van der Waals surface area contributed by atoms with Crippen LogP contribution in [0, 0.1) is 12.7 Å². The van der Waals surface area contributed by atoms with Crippen LogP contribution in [0.3, 0.4) is 0 Å². The predicted molar refractivity (Wildman–Crippen MR) is 108 cm³/mol. The quantitative estimate of drug-likeness (QED) is 0.540. The Morgan fingerprint density at radius 2 is 1.96 bits per heavy atom. The van der Waals surface area contributed by atoms with Crippen LogP contribution in [-0.4, -0.2) is 16.1 Å². The minimum Gasteiger partial charge on any atom is -0.352 e. The molecule has 0 saturated heterocycles. The number of aromatic amines is 1. The molecule has 1 amide bonds.